The Hall–Kier alpha value is -2.57. The molecule has 2 heterocycles. The number of fused-ring (bicyclic) bond motifs is 1. The van der Waals surface area contributed by atoms with Crippen LogP contribution in [-0.4, -0.2) is 15.5 Å². The van der Waals surface area contributed by atoms with E-state index in [0.717, 1.165) is 16.7 Å². The van der Waals surface area contributed by atoms with Crippen molar-refractivity contribution in [2.75, 3.05) is 5.32 Å². The number of aromatic nitrogens is 2. The predicted octanol–water partition coefficient (Wildman–Crippen LogP) is 4.51. The zero-order valence-corrected chi connectivity index (χ0v) is 17.7. The van der Waals surface area contributed by atoms with E-state index in [1.54, 1.807) is 4.57 Å². The molecule has 0 spiro atoms. The van der Waals surface area contributed by atoms with Gasteiger partial charge in [0.25, 0.3) is 5.56 Å². The molecule has 1 aliphatic heterocycles. The number of hydrogen-bond acceptors (Lipinski definition) is 4. The predicted molar refractivity (Wildman–Crippen MR) is 117 cm³/mol. The normalized spacial score (nSPS) is 15.7. The minimum absolute atomic E-state index is 0.104. The number of thioether (sulfide) groups is 1. The fourth-order valence-electron chi connectivity index (χ4n) is 3.59. The van der Waals surface area contributed by atoms with Gasteiger partial charge >= 0.3 is 0 Å². The van der Waals surface area contributed by atoms with Gasteiger partial charge in [-0.3, -0.25) is 9.59 Å². The number of carbonyl (C=O) groups is 1. The monoisotopic (exact) mass is 425 g/mol. The highest BCUT2D eigenvalue weighted by Crippen LogP contribution is 2.36. The van der Waals surface area contributed by atoms with Crippen molar-refractivity contribution in [3.63, 3.8) is 0 Å². The van der Waals surface area contributed by atoms with Crippen LogP contribution in [0.15, 0.2) is 58.5 Å². The lowest BCUT2D eigenvalue weighted by atomic mass is 9.86. The summed E-state index contributed by atoms with van der Waals surface area (Å²) >= 11 is 7.65. The summed E-state index contributed by atoms with van der Waals surface area (Å²) in [5, 5.41) is 4.10. The number of amides is 1. The maximum Gasteiger partial charge on any atom is 0.279 e. The summed E-state index contributed by atoms with van der Waals surface area (Å²) < 4.78 is 1.79. The topological polar surface area (TPSA) is 64.0 Å². The number of carbonyl (C=O) groups excluding carboxylic acids is 1. The number of halogens is 1. The molecule has 1 atom stereocenters. The molecular weight excluding hydrogens is 406 g/mol. The van der Waals surface area contributed by atoms with E-state index in [1.165, 1.54) is 11.8 Å². The Balaban J connectivity index is 1.73. The minimum Gasteiger partial charge on any atom is -0.312 e. The number of nitrogens with one attached hydrogen (secondary N) is 1. The summed E-state index contributed by atoms with van der Waals surface area (Å²) in [5.41, 5.74) is 3.25. The third-order valence-corrected chi connectivity index (χ3v) is 6.51. The molecule has 0 saturated carbocycles. The largest absolute Gasteiger partial charge is 0.312 e. The molecule has 4 rings (SSSR count). The third-order valence-electron chi connectivity index (χ3n) is 5.06. The van der Waals surface area contributed by atoms with Crippen molar-refractivity contribution in [1.82, 2.24) is 9.55 Å². The minimum atomic E-state index is -0.300. The average Bonchev–Trinajstić information content (AvgIpc) is 2.70. The molecule has 148 valence electrons. The van der Waals surface area contributed by atoms with Crippen molar-refractivity contribution in [1.29, 1.82) is 0 Å². The Morgan fingerprint density at radius 2 is 2.00 bits per heavy atom. The standard InChI is InChI=1S/C22H20ClN3O2S/c1-13-6-5-8-14(10-13)16-11-18(27)24-20-19(16)21(28)25-22(26(20)2)29-12-15-7-3-4-9-17(15)23/h3-10,16H,11-12H2,1-2H3,(H,24,27). The van der Waals surface area contributed by atoms with Crippen LogP contribution in [0, 0.1) is 6.92 Å². The van der Waals surface area contributed by atoms with Gasteiger partial charge in [-0.25, -0.2) is 0 Å². The zero-order valence-electron chi connectivity index (χ0n) is 16.1. The fourth-order valence-corrected chi connectivity index (χ4v) is 4.84. The van der Waals surface area contributed by atoms with Crippen LogP contribution in [-0.2, 0) is 17.6 Å². The molecule has 5 nitrogen and oxygen atoms in total. The first-order valence-electron chi connectivity index (χ1n) is 9.27. The number of nitrogens with zero attached hydrogens (tertiary/aromatic N) is 2. The molecule has 0 aliphatic carbocycles. The molecule has 0 radical (unpaired) electrons. The van der Waals surface area contributed by atoms with Gasteiger partial charge in [-0.05, 0) is 24.1 Å². The van der Waals surface area contributed by atoms with Gasteiger partial charge in [-0.1, -0.05) is 71.4 Å². The number of rotatable bonds is 4. The van der Waals surface area contributed by atoms with Crippen LogP contribution >= 0.6 is 23.4 Å². The number of benzene rings is 2. The molecule has 1 unspecified atom stereocenters. The first kappa shape index (κ1) is 19.7. The van der Waals surface area contributed by atoms with Gasteiger partial charge < -0.3 is 9.88 Å². The van der Waals surface area contributed by atoms with Crippen molar-refractivity contribution >= 4 is 35.1 Å². The Labute approximate surface area is 178 Å². The highest BCUT2D eigenvalue weighted by Gasteiger charge is 2.32. The molecule has 7 heteroatoms. The van der Waals surface area contributed by atoms with Crippen LogP contribution in [0.3, 0.4) is 0 Å². The maximum atomic E-state index is 13.0. The van der Waals surface area contributed by atoms with E-state index >= 15 is 0 Å². The van der Waals surface area contributed by atoms with E-state index in [0.29, 0.717) is 27.3 Å². The van der Waals surface area contributed by atoms with Crippen LogP contribution in [0.1, 0.15) is 34.6 Å². The Kier molecular flexibility index (Phi) is 5.48. The van der Waals surface area contributed by atoms with Crippen LogP contribution in [0.25, 0.3) is 0 Å². The second-order valence-corrected chi connectivity index (χ2v) is 8.47. The van der Waals surface area contributed by atoms with Crippen molar-refractivity contribution in [3.05, 3.63) is 86.2 Å². The van der Waals surface area contributed by atoms with Crippen LogP contribution in [0.4, 0.5) is 5.82 Å². The molecule has 0 saturated heterocycles. The molecule has 0 bridgehead atoms. The van der Waals surface area contributed by atoms with Gasteiger partial charge in [0, 0.05) is 30.2 Å². The smallest absolute Gasteiger partial charge is 0.279 e. The second-order valence-electron chi connectivity index (χ2n) is 7.12. The van der Waals surface area contributed by atoms with E-state index in [-0.39, 0.29) is 23.8 Å². The molecule has 1 aromatic heterocycles. The Morgan fingerprint density at radius 1 is 1.21 bits per heavy atom. The van der Waals surface area contributed by atoms with Gasteiger partial charge in [-0.2, -0.15) is 4.98 Å². The molecule has 1 amide bonds. The number of hydrogen-bond donors (Lipinski definition) is 1. The van der Waals surface area contributed by atoms with E-state index in [4.69, 9.17) is 11.6 Å². The number of aryl methyl sites for hydroxylation is 1. The van der Waals surface area contributed by atoms with Gasteiger partial charge in [0.05, 0.1) is 5.56 Å². The summed E-state index contributed by atoms with van der Waals surface area (Å²) in [6.07, 6.45) is 0.236. The molecular formula is C22H20ClN3O2S. The Bertz CT molecular complexity index is 1160. The SMILES string of the molecule is Cc1cccc(C2CC(=O)Nc3c2c(=O)nc(SCc2ccccc2Cl)n3C)c1. The van der Waals surface area contributed by atoms with Crippen molar-refractivity contribution < 1.29 is 4.79 Å². The molecule has 1 N–H and O–H groups in total. The highest BCUT2D eigenvalue weighted by atomic mass is 35.5. The Morgan fingerprint density at radius 3 is 2.76 bits per heavy atom. The van der Waals surface area contributed by atoms with Gasteiger partial charge in [-0.15, -0.1) is 0 Å². The van der Waals surface area contributed by atoms with E-state index in [9.17, 15) is 9.59 Å². The maximum absolute atomic E-state index is 13.0. The molecule has 3 aromatic rings. The van der Waals surface area contributed by atoms with Crippen LogP contribution in [0.2, 0.25) is 5.02 Å². The fraction of sp³-hybridized carbons (Fsp3) is 0.227. The first-order chi connectivity index (χ1) is 13.9. The summed E-state index contributed by atoms with van der Waals surface area (Å²) in [7, 11) is 1.82. The zero-order chi connectivity index (χ0) is 20.5. The highest BCUT2D eigenvalue weighted by molar-refractivity contribution is 7.98. The first-order valence-corrected chi connectivity index (χ1v) is 10.6. The molecule has 29 heavy (non-hydrogen) atoms. The van der Waals surface area contributed by atoms with Gasteiger partial charge in [0.2, 0.25) is 5.91 Å². The summed E-state index contributed by atoms with van der Waals surface area (Å²) in [6.45, 7) is 2.00. The van der Waals surface area contributed by atoms with E-state index in [2.05, 4.69) is 10.3 Å². The molecule has 2 aromatic carbocycles. The van der Waals surface area contributed by atoms with E-state index in [1.807, 2.05) is 62.5 Å². The second kappa shape index (κ2) is 8.05. The molecule has 0 fully saturated rings. The number of anilines is 1. The van der Waals surface area contributed by atoms with Gasteiger partial charge in [0.1, 0.15) is 5.82 Å². The van der Waals surface area contributed by atoms with Crippen molar-refractivity contribution in [2.45, 2.75) is 30.2 Å². The average molecular weight is 426 g/mol. The lowest BCUT2D eigenvalue weighted by molar-refractivity contribution is -0.116. The van der Waals surface area contributed by atoms with E-state index < -0.39 is 0 Å². The van der Waals surface area contributed by atoms with Crippen LogP contribution < -0.4 is 10.9 Å². The summed E-state index contributed by atoms with van der Waals surface area (Å²) in [4.78, 5) is 29.7. The summed E-state index contributed by atoms with van der Waals surface area (Å²) in [5.74, 6) is 0.697. The lowest BCUT2D eigenvalue weighted by Crippen LogP contribution is -2.33. The molecule has 1 aliphatic rings. The third kappa shape index (κ3) is 3.95. The lowest BCUT2D eigenvalue weighted by Gasteiger charge is -2.27. The van der Waals surface area contributed by atoms with Crippen molar-refractivity contribution in [2.24, 2.45) is 7.05 Å². The quantitative estimate of drug-likeness (QED) is 0.493. The van der Waals surface area contributed by atoms with Gasteiger partial charge in [0.15, 0.2) is 5.16 Å². The van der Waals surface area contributed by atoms with Crippen LogP contribution in [0.5, 0.6) is 0 Å². The summed E-state index contributed by atoms with van der Waals surface area (Å²) in [6, 6.07) is 15.5. The van der Waals surface area contributed by atoms with Crippen molar-refractivity contribution in [3.8, 4) is 0 Å².